The van der Waals surface area contributed by atoms with Gasteiger partial charge in [-0.2, -0.15) is 0 Å². The summed E-state index contributed by atoms with van der Waals surface area (Å²) in [5.74, 6) is 5.48. The second-order valence-electron chi connectivity index (χ2n) is 7.54. The molecule has 0 aromatic carbocycles. The van der Waals surface area contributed by atoms with Crippen LogP contribution in [0, 0.1) is 23.7 Å². The summed E-state index contributed by atoms with van der Waals surface area (Å²) in [5.41, 5.74) is 7.20. The van der Waals surface area contributed by atoms with Crippen LogP contribution in [0.1, 0.15) is 56.5 Å². The lowest BCUT2D eigenvalue weighted by atomic mass is 9.51. The van der Waals surface area contributed by atoms with Crippen molar-refractivity contribution in [3.05, 3.63) is 23.8 Å². The molecule has 1 aromatic rings. The Morgan fingerprint density at radius 3 is 2.40 bits per heavy atom. The highest BCUT2D eigenvalue weighted by molar-refractivity contribution is 5.17. The monoisotopic (exact) mass is 271 g/mol. The third kappa shape index (κ3) is 2.16. The number of hydrogen-bond donors (Lipinski definition) is 1. The SMILES string of the molecule is CC(N)Cc1nccc(C2C3CC4CC(C3)CC2C4)n1. The van der Waals surface area contributed by atoms with Gasteiger partial charge in [0.05, 0.1) is 0 Å². The quantitative estimate of drug-likeness (QED) is 0.919. The van der Waals surface area contributed by atoms with Gasteiger partial charge in [0.2, 0.25) is 0 Å². The molecule has 0 spiro atoms. The fraction of sp³-hybridized carbons (Fsp3) is 0.765. The number of hydrogen-bond acceptors (Lipinski definition) is 3. The molecule has 2 N–H and O–H groups in total. The van der Waals surface area contributed by atoms with Gasteiger partial charge in [0.15, 0.2) is 0 Å². The summed E-state index contributed by atoms with van der Waals surface area (Å²) < 4.78 is 0. The Hall–Kier alpha value is -0.960. The molecule has 0 saturated heterocycles. The molecule has 5 rings (SSSR count). The van der Waals surface area contributed by atoms with Crippen molar-refractivity contribution in [2.75, 3.05) is 0 Å². The van der Waals surface area contributed by atoms with Gasteiger partial charge in [-0.3, -0.25) is 0 Å². The van der Waals surface area contributed by atoms with E-state index in [9.17, 15) is 0 Å². The highest BCUT2D eigenvalue weighted by atomic mass is 14.9. The fourth-order valence-electron chi connectivity index (χ4n) is 5.39. The van der Waals surface area contributed by atoms with E-state index >= 15 is 0 Å². The van der Waals surface area contributed by atoms with Crippen molar-refractivity contribution in [1.29, 1.82) is 0 Å². The number of nitrogens with two attached hydrogens (primary N) is 1. The molecule has 1 unspecified atom stereocenters. The molecule has 1 atom stereocenters. The highest BCUT2D eigenvalue weighted by Crippen LogP contribution is 2.59. The summed E-state index contributed by atoms with van der Waals surface area (Å²) in [4.78, 5) is 9.27. The van der Waals surface area contributed by atoms with Crippen LogP contribution in [-0.4, -0.2) is 16.0 Å². The zero-order valence-electron chi connectivity index (χ0n) is 12.3. The Labute approximate surface area is 121 Å². The second kappa shape index (κ2) is 4.80. The largest absolute Gasteiger partial charge is 0.328 e. The molecule has 1 aromatic heterocycles. The molecule has 4 fully saturated rings. The lowest BCUT2D eigenvalue weighted by molar-refractivity contribution is -0.00425. The van der Waals surface area contributed by atoms with Crippen molar-refractivity contribution in [3.8, 4) is 0 Å². The van der Waals surface area contributed by atoms with Crippen LogP contribution in [-0.2, 0) is 6.42 Å². The molecule has 0 radical (unpaired) electrons. The van der Waals surface area contributed by atoms with Crippen LogP contribution in [0.3, 0.4) is 0 Å². The third-order valence-electron chi connectivity index (χ3n) is 5.80. The maximum atomic E-state index is 5.89. The average Bonchev–Trinajstić information content (AvgIpc) is 2.37. The first-order valence-corrected chi connectivity index (χ1v) is 8.26. The van der Waals surface area contributed by atoms with Crippen molar-refractivity contribution < 1.29 is 0 Å². The molecule has 3 heteroatoms. The first-order chi connectivity index (χ1) is 9.69. The summed E-state index contributed by atoms with van der Waals surface area (Å²) >= 11 is 0. The summed E-state index contributed by atoms with van der Waals surface area (Å²) in [6.07, 6.45) is 10.1. The third-order valence-corrected chi connectivity index (χ3v) is 5.80. The van der Waals surface area contributed by atoms with Gasteiger partial charge in [0.1, 0.15) is 5.82 Å². The van der Waals surface area contributed by atoms with Crippen LogP contribution in [0.15, 0.2) is 12.3 Å². The second-order valence-corrected chi connectivity index (χ2v) is 7.54. The van der Waals surface area contributed by atoms with E-state index in [0.717, 1.165) is 35.9 Å². The molecule has 0 amide bonds. The van der Waals surface area contributed by atoms with Crippen LogP contribution >= 0.6 is 0 Å². The molecular formula is C17H25N3. The van der Waals surface area contributed by atoms with Crippen molar-refractivity contribution in [2.45, 2.75) is 57.4 Å². The van der Waals surface area contributed by atoms with Gasteiger partial charge in [-0.15, -0.1) is 0 Å². The van der Waals surface area contributed by atoms with Crippen molar-refractivity contribution in [1.82, 2.24) is 9.97 Å². The standard InChI is InChI=1S/C17H25N3/c1-10(18)4-16-19-3-2-15(20-16)17-13-6-11-5-12(8-13)9-14(17)7-11/h2-3,10-14,17H,4-9,18H2,1H3. The van der Waals surface area contributed by atoms with E-state index in [4.69, 9.17) is 10.7 Å². The first kappa shape index (κ1) is 12.8. The summed E-state index contributed by atoms with van der Waals surface area (Å²) in [6.45, 7) is 2.03. The lowest BCUT2D eigenvalue weighted by Crippen LogP contribution is -2.44. The Morgan fingerprint density at radius 2 is 1.80 bits per heavy atom. The zero-order chi connectivity index (χ0) is 13.7. The average molecular weight is 271 g/mol. The predicted molar refractivity (Wildman–Crippen MR) is 79.2 cm³/mol. The van der Waals surface area contributed by atoms with Crippen molar-refractivity contribution in [3.63, 3.8) is 0 Å². The minimum Gasteiger partial charge on any atom is -0.328 e. The number of nitrogens with zero attached hydrogens (tertiary/aromatic N) is 2. The van der Waals surface area contributed by atoms with Gasteiger partial charge >= 0.3 is 0 Å². The van der Waals surface area contributed by atoms with Gasteiger partial charge in [-0.25, -0.2) is 9.97 Å². The molecule has 20 heavy (non-hydrogen) atoms. The molecule has 4 bridgehead atoms. The Bertz CT molecular complexity index is 469. The molecule has 108 valence electrons. The van der Waals surface area contributed by atoms with Crippen LogP contribution < -0.4 is 5.73 Å². The summed E-state index contributed by atoms with van der Waals surface area (Å²) in [7, 11) is 0. The molecular weight excluding hydrogens is 246 g/mol. The Morgan fingerprint density at radius 1 is 1.15 bits per heavy atom. The molecule has 4 aliphatic rings. The van der Waals surface area contributed by atoms with Gasteiger partial charge < -0.3 is 5.73 Å². The van der Waals surface area contributed by atoms with Crippen LogP contribution in [0.25, 0.3) is 0 Å². The van der Waals surface area contributed by atoms with E-state index in [1.807, 2.05) is 13.1 Å². The minimum atomic E-state index is 0.142. The zero-order valence-corrected chi connectivity index (χ0v) is 12.3. The smallest absolute Gasteiger partial charge is 0.130 e. The van der Waals surface area contributed by atoms with E-state index in [1.54, 1.807) is 0 Å². The van der Waals surface area contributed by atoms with Gasteiger partial charge in [0.25, 0.3) is 0 Å². The molecule has 4 aliphatic carbocycles. The Kier molecular flexibility index (Phi) is 3.06. The first-order valence-electron chi connectivity index (χ1n) is 8.26. The minimum absolute atomic E-state index is 0.142. The van der Waals surface area contributed by atoms with E-state index in [0.29, 0.717) is 5.92 Å². The maximum Gasteiger partial charge on any atom is 0.130 e. The lowest BCUT2D eigenvalue weighted by Gasteiger charge is -2.54. The van der Waals surface area contributed by atoms with E-state index in [2.05, 4.69) is 11.1 Å². The van der Waals surface area contributed by atoms with Crippen LogP contribution in [0.5, 0.6) is 0 Å². The van der Waals surface area contributed by atoms with Crippen LogP contribution in [0.2, 0.25) is 0 Å². The Balaban J connectivity index is 1.61. The van der Waals surface area contributed by atoms with Crippen molar-refractivity contribution in [2.24, 2.45) is 29.4 Å². The normalized spacial score (nSPS) is 40.0. The highest BCUT2D eigenvalue weighted by Gasteiger charge is 2.49. The summed E-state index contributed by atoms with van der Waals surface area (Å²) in [6, 6.07) is 2.31. The predicted octanol–water partition coefficient (Wildman–Crippen LogP) is 2.91. The fourth-order valence-corrected chi connectivity index (χ4v) is 5.39. The molecule has 1 heterocycles. The van der Waals surface area contributed by atoms with Gasteiger partial charge in [-0.1, -0.05) is 0 Å². The molecule has 4 saturated carbocycles. The topological polar surface area (TPSA) is 51.8 Å². The van der Waals surface area contributed by atoms with Gasteiger partial charge in [0, 0.05) is 30.3 Å². The molecule has 0 aliphatic heterocycles. The number of rotatable bonds is 3. The number of aromatic nitrogens is 2. The van der Waals surface area contributed by atoms with E-state index < -0.39 is 0 Å². The van der Waals surface area contributed by atoms with Crippen LogP contribution in [0.4, 0.5) is 0 Å². The summed E-state index contributed by atoms with van der Waals surface area (Å²) in [5, 5.41) is 0. The van der Waals surface area contributed by atoms with E-state index in [1.165, 1.54) is 37.8 Å². The van der Waals surface area contributed by atoms with E-state index in [-0.39, 0.29) is 6.04 Å². The van der Waals surface area contributed by atoms with Crippen molar-refractivity contribution >= 4 is 0 Å². The molecule has 3 nitrogen and oxygen atoms in total. The maximum absolute atomic E-state index is 5.89. The van der Waals surface area contributed by atoms with Gasteiger partial charge in [-0.05, 0) is 68.8 Å².